The van der Waals surface area contributed by atoms with Gasteiger partial charge >= 0.3 is 0 Å². The van der Waals surface area contributed by atoms with Crippen molar-refractivity contribution >= 4 is 23.0 Å². The van der Waals surface area contributed by atoms with Crippen molar-refractivity contribution in [3.8, 4) is 39.2 Å². The van der Waals surface area contributed by atoms with Gasteiger partial charge in [0.25, 0.3) is 0 Å². The molecule has 2 aromatic heterocycles. The Kier molecular flexibility index (Phi) is 8.96. The van der Waals surface area contributed by atoms with Gasteiger partial charge in [-0.25, -0.2) is 0 Å². The molecule has 0 saturated carbocycles. The third-order valence-electron chi connectivity index (χ3n) is 14.8. The van der Waals surface area contributed by atoms with Crippen molar-refractivity contribution < 1.29 is 0 Å². The maximum atomic E-state index is 5.19. The quantitative estimate of drug-likeness (QED) is 0.173. The molecule has 5 unspecified atom stereocenters. The maximum Gasteiger partial charge on any atom is 0.0842 e. The fraction of sp³-hybridized carbons (Fsp3) is 0.113. The normalized spacial score (nSPS) is 21.8. The van der Waals surface area contributed by atoms with Crippen LogP contribution in [0, 0.1) is 0 Å². The van der Waals surface area contributed by atoms with E-state index < -0.39 is 5.41 Å². The molecular weight excluding hydrogens is 801 g/mol. The van der Waals surface area contributed by atoms with Crippen LogP contribution in [0.25, 0.3) is 50.8 Å². The molecule has 0 amide bonds. The minimum absolute atomic E-state index is 0.0240. The number of nitrogens with zero attached hydrogens (tertiary/aromatic N) is 3. The monoisotopic (exact) mass is 848 g/mol. The number of hydrogen-bond donors (Lipinski definition) is 1. The fourth-order valence-electron chi connectivity index (χ4n) is 12.1. The lowest BCUT2D eigenvalue weighted by molar-refractivity contribution is 0.448. The van der Waals surface area contributed by atoms with Crippen LogP contribution in [0.1, 0.15) is 58.8 Å². The van der Waals surface area contributed by atoms with Gasteiger partial charge in [0.2, 0.25) is 0 Å². The highest BCUT2D eigenvalue weighted by molar-refractivity contribution is 5.95. The highest BCUT2D eigenvalue weighted by atomic mass is 15.2. The highest BCUT2D eigenvalue weighted by Gasteiger charge is 2.58. The zero-order valence-corrected chi connectivity index (χ0v) is 36.8. The van der Waals surface area contributed by atoms with E-state index in [-0.39, 0.29) is 18.0 Å². The molecule has 3 aliphatic carbocycles. The lowest BCUT2D eigenvalue weighted by atomic mass is 9.62. The summed E-state index contributed by atoms with van der Waals surface area (Å²) in [5.41, 5.74) is 20.9. The van der Waals surface area contributed by atoms with Gasteiger partial charge in [0.1, 0.15) is 0 Å². The van der Waals surface area contributed by atoms with Crippen LogP contribution in [-0.2, 0) is 5.41 Å². The van der Waals surface area contributed by atoms with Crippen molar-refractivity contribution in [1.82, 2.24) is 14.9 Å². The summed E-state index contributed by atoms with van der Waals surface area (Å²) in [6.07, 6.45) is 21.2. The van der Waals surface area contributed by atoms with Crippen LogP contribution in [0.3, 0.4) is 0 Å². The van der Waals surface area contributed by atoms with Crippen LogP contribution < -0.4 is 10.2 Å². The Bertz CT molecular complexity index is 3320. The number of para-hydroxylation sites is 1. The number of pyridine rings is 1. The van der Waals surface area contributed by atoms with Crippen LogP contribution in [0.5, 0.6) is 0 Å². The SMILES string of the molecule is CC1CC=Cc2c(-c3ccccc3)c(-c3ccccc3)n(-c3ccc(-c4ccc(N5c6ccccc6C6C7=C(C=CC65)c5ccccc5C7(c5ccccn5)C5C=CC=CN5)cc4)cc3)c21. The molecule has 66 heavy (non-hydrogen) atoms. The van der Waals surface area contributed by atoms with E-state index in [4.69, 9.17) is 4.98 Å². The first kappa shape index (κ1) is 38.5. The van der Waals surface area contributed by atoms with Crippen molar-refractivity contribution in [3.05, 3.63) is 264 Å². The first-order valence-electron chi connectivity index (χ1n) is 23.4. The lowest BCUT2D eigenvalue weighted by Crippen LogP contribution is -2.50. The topological polar surface area (TPSA) is 33.1 Å². The van der Waals surface area contributed by atoms with Crippen molar-refractivity contribution in [2.45, 2.75) is 42.7 Å². The standard InChI is InChI=1S/C62H48N4/c1-41-17-16-24-51-57(44-18-4-2-5-19-44)61(45-20-6-3-7-21-45)66(60(41)51)47-35-31-43(32-36-47)42-29-33-46(34-30-42)65-53-26-11-9-23-50(53)58-54(65)38-37-49-48-22-8-10-25-52(48)62(59(49)58,55-27-12-14-39-63-55)56-28-13-15-40-64-56/h2-16,18-41,54-55,58,63H,17H2,1H3. The van der Waals surface area contributed by atoms with Gasteiger partial charge < -0.3 is 14.8 Å². The van der Waals surface area contributed by atoms with Crippen molar-refractivity contribution in [2.24, 2.45) is 0 Å². The number of hydrogen-bond acceptors (Lipinski definition) is 3. The van der Waals surface area contributed by atoms with E-state index in [0.717, 1.165) is 12.1 Å². The Hall–Kier alpha value is -7.95. The number of allylic oxidation sites excluding steroid dienone is 5. The molecule has 8 aromatic rings. The molecule has 0 radical (unpaired) electrons. The average Bonchev–Trinajstić information content (AvgIpc) is 4.03. The number of aromatic nitrogens is 2. The van der Waals surface area contributed by atoms with Gasteiger partial charge in [-0.15, -0.1) is 0 Å². The summed E-state index contributed by atoms with van der Waals surface area (Å²) in [6.45, 7) is 2.37. The Balaban J connectivity index is 0.885. The molecular formula is C62H48N4. The molecule has 4 nitrogen and oxygen atoms in total. The zero-order chi connectivity index (χ0) is 43.8. The van der Waals surface area contributed by atoms with Gasteiger partial charge in [0.05, 0.1) is 28.9 Å². The van der Waals surface area contributed by atoms with E-state index in [1.807, 2.05) is 12.3 Å². The molecule has 5 aliphatic rings. The van der Waals surface area contributed by atoms with E-state index in [1.165, 1.54) is 89.7 Å². The van der Waals surface area contributed by atoms with Crippen molar-refractivity contribution in [2.75, 3.05) is 4.90 Å². The first-order valence-corrected chi connectivity index (χ1v) is 23.4. The van der Waals surface area contributed by atoms with Crippen LogP contribution in [-0.4, -0.2) is 21.6 Å². The molecule has 1 N–H and O–H groups in total. The second-order valence-corrected chi connectivity index (χ2v) is 18.3. The van der Waals surface area contributed by atoms with Gasteiger partial charge in [-0.3, -0.25) is 4.98 Å². The van der Waals surface area contributed by atoms with Gasteiger partial charge in [-0.2, -0.15) is 0 Å². The second kappa shape index (κ2) is 15.4. The van der Waals surface area contributed by atoms with Gasteiger partial charge in [-0.05, 0) is 111 Å². The minimum atomic E-state index is -0.527. The largest absolute Gasteiger partial charge is 0.383 e. The number of fused-ring (bicyclic) bond motifs is 7. The number of dihydropyridines is 1. The fourth-order valence-corrected chi connectivity index (χ4v) is 12.1. The predicted molar refractivity (Wildman–Crippen MR) is 272 cm³/mol. The second-order valence-electron chi connectivity index (χ2n) is 18.3. The number of nitrogens with one attached hydrogen (secondary N) is 1. The first-order chi connectivity index (χ1) is 32.7. The third kappa shape index (κ3) is 5.67. The van der Waals surface area contributed by atoms with Gasteiger partial charge in [0.15, 0.2) is 0 Å². The smallest absolute Gasteiger partial charge is 0.0842 e. The Morgan fingerprint density at radius 3 is 2.06 bits per heavy atom. The van der Waals surface area contributed by atoms with E-state index in [0.29, 0.717) is 5.92 Å². The number of rotatable bonds is 7. The zero-order valence-electron chi connectivity index (χ0n) is 36.8. The molecule has 2 aliphatic heterocycles. The Labute approximate surface area is 387 Å². The minimum Gasteiger partial charge on any atom is -0.383 e. The van der Waals surface area contributed by atoms with Gasteiger partial charge in [-0.1, -0.05) is 177 Å². The van der Waals surface area contributed by atoms with Crippen LogP contribution in [0.4, 0.5) is 11.4 Å². The van der Waals surface area contributed by atoms with E-state index in [1.54, 1.807) is 0 Å². The summed E-state index contributed by atoms with van der Waals surface area (Å²) in [5.74, 6) is 0.479. The van der Waals surface area contributed by atoms with Crippen LogP contribution >= 0.6 is 0 Å². The molecule has 0 bridgehead atoms. The average molecular weight is 849 g/mol. The highest BCUT2D eigenvalue weighted by Crippen LogP contribution is 2.63. The molecule has 316 valence electrons. The molecule has 4 heteroatoms. The molecule has 4 heterocycles. The molecule has 0 spiro atoms. The number of anilines is 2. The van der Waals surface area contributed by atoms with Crippen molar-refractivity contribution in [1.29, 1.82) is 0 Å². The third-order valence-corrected chi connectivity index (χ3v) is 14.8. The van der Waals surface area contributed by atoms with E-state index in [2.05, 4.69) is 240 Å². The molecule has 6 aromatic carbocycles. The van der Waals surface area contributed by atoms with Crippen molar-refractivity contribution in [3.63, 3.8) is 0 Å². The van der Waals surface area contributed by atoms with Crippen LogP contribution in [0.15, 0.2) is 230 Å². The van der Waals surface area contributed by atoms with Crippen LogP contribution in [0.2, 0.25) is 0 Å². The number of benzene rings is 6. The lowest BCUT2D eigenvalue weighted by Gasteiger charge is -2.44. The summed E-state index contributed by atoms with van der Waals surface area (Å²) < 4.78 is 2.54. The summed E-state index contributed by atoms with van der Waals surface area (Å²) in [7, 11) is 0. The van der Waals surface area contributed by atoms with Gasteiger partial charge in [0, 0.05) is 51.9 Å². The summed E-state index contributed by atoms with van der Waals surface area (Å²) in [4.78, 5) is 7.76. The molecule has 0 saturated heterocycles. The summed E-state index contributed by atoms with van der Waals surface area (Å²) in [6, 6.07) is 64.8. The molecule has 0 fully saturated rings. The molecule has 5 atom stereocenters. The molecule has 13 rings (SSSR count). The summed E-state index contributed by atoms with van der Waals surface area (Å²) >= 11 is 0. The van der Waals surface area contributed by atoms with E-state index >= 15 is 0 Å². The van der Waals surface area contributed by atoms with E-state index in [9.17, 15) is 0 Å². The Morgan fingerprint density at radius 1 is 0.621 bits per heavy atom. The maximum absolute atomic E-state index is 5.19. The summed E-state index contributed by atoms with van der Waals surface area (Å²) in [5, 5.41) is 3.81. The Morgan fingerprint density at radius 2 is 1.32 bits per heavy atom. The predicted octanol–water partition coefficient (Wildman–Crippen LogP) is 14.4.